The number of amides is 2. The van der Waals surface area contributed by atoms with Crippen LogP contribution in [0.3, 0.4) is 0 Å². The molecule has 0 heterocycles. The van der Waals surface area contributed by atoms with Crippen molar-refractivity contribution in [3.63, 3.8) is 0 Å². The third kappa shape index (κ3) is 7.60. The van der Waals surface area contributed by atoms with Gasteiger partial charge in [0.25, 0.3) is 0 Å². The van der Waals surface area contributed by atoms with E-state index in [9.17, 15) is 9.59 Å². The fraction of sp³-hybridized carbons (Fsp3) is 0.769. The Hall–Kier alpha value is -1.79. The van der Waals surface area contributed by atoms with Crippen LogP contribution in [0.25, 0.3) is 0 Å². The van der Waals surface area contributed by atoms with Gasteiger partial charge in [0.15, 0.2) is 0 Å². The Bertz CT molecular complexity index is 361. The van der Waals surface area contributed by atoms with Gasteiger partial charge in [-0.3, -0.25) is 4.84 Å². The van der Waals surface area contributed by atoms with Crippen LogP contribution in [0.5, 0.6) is 0 Å². The maximum Gasteiger partial charge on any atom is 0.433 e. The predicted octanol–water partition coefficient (Wildman–Crippen LogP) is 2.37. The molecule has 0 aliphatic heterocycles. The Labute approximate surface area is 120 Å². The second kappa shape index (κ2) is 8.39. The Kier molecular flexibility index (Phi) is 7.64. The fourth-order valence-electron chi connectivity index (χ4n) is 0.878. The van der Waals surface area contributed by atoms with E-state index in [4.69, 9.17) is 4.74 Å². The summed E-state index contributed by atoms with van der Waals surface area (Å²) >= 11 is 0. The quantitative estimate of drug-likeness (QED) is 0.364. The van der Waals surface area contributed by atoms with E-state index >= 15 is 0 Å². The molecule has 0 radical (unpaired) electrons. The second-order valence-electron chi connectivity index (χ2n) is 5.33. The summed E-state index contributed by atoms with van der Waals surface area (Å²) in [5.41, 5.74) is 0.411. The molecule has 0 aromatic carbocycles. The lowest BCUT2D eigenvalue weighted by Crippen LogP contribution is -2.43. The molecule has 7 nitrogen and oxygen atoms in total. The van der Waals surface area contributed by atoms with E-state index < -0.39 is 12.2 Å². The molecule has 0 aromatic rings. The summed E-state index contributed by atoms with van der Waals surface area (Å²) in [4.78, 5) is 28.9. The first-order valence-electron chi connectivity index (χ1n) is 6.57. The normalized spacial score (nSPS) is 11.8. The summed E-state index contributed by atoms with van der Waals surface area (Å²) in [6, 6.07) is 0. The highest BCUT2D eigenvalue weighted by atomic mass is 16.7. The molecular weight excluding hydrogens is 262 g/mol. The van der Waals surface area contributed by atoms with Gasteiger partial charge in [0.2, 0.25) is 0 Å². The molecule has 116 valence electrons. The van der Waals surface area contributed by atoms with Crippen LogP contribution in [0.1, 0.15) is 41.0 Å². The Morgan fingerprint density at radius 3 is 2.40 bits per heavy atom. The zero-order valence-electron chi connectivity index (χ0n) is 13.1. The van der Waals surface area contributed by atoms with Crippen LogP contribution >= 0.6 is 0 Å². The van der Waals surface area contributed by atoms with Crippen LogP contribution in [0.2, 0.25) is 0 Å². The third-order valence-electron chi connectivity index (χ3n) is 2.67. The number of nitrogens with one attached hydrogen (secondary N) is 1. The van der Waals surface area contributed by atoms with Gasteiger partial charge in [0.1, 0.15) is 6.61 Å². The SMILES string of the molecule is CC/C(C)=N\OC(=O)NCCOC(=O)N(C)C(C)(C)C. The minimum Gasteiger partial charge on any atom is -0.448 e. The summed E-state index contributed by atoms with van der Waals surface area (Å²) in [6.45, 7) is 9.62. The highest BCUT2D eigenvalue weighted by Crippen LogP contribution is 2.11. The smallest absolute Gasteiger partial charge is 0.433 e. The van der Waals surface area contributed by atoms with Gasteiger partial charge >= 0.3 is 12.2 Å². The van der Waals surface area contributed by atoms with E-state index in [1.54, 1.807) is 14.0 Å². The number of nitrogens with zero attached hydrogens (tertiary/aromatic N) is 2. The van der Waals surface area contributed by atoms with Crippen LogP contribution in [-0.4, -0.2) is 48.5 Å². The highest BCUT2D eigenvalue weighted by Gasteiger charge is 2.23. The van der Waals surface area contributed by atoms with Crippen molar-refractivity contribution in [2.75, 3.05) is 20.2 Å². The molecule has 0 spiro atoms. The van der Waals surface area contributed by atoms with Crippen molar-refractivity contribution in [1.82, 2.24) is 10.2 Å². The van der Waals surface area contributed by atoms with Gasteiger partial charge < -0.3 is 15.0 Å². The third-order valence-corrected chi connectivity index (χ3v) is 2.67. The molecule has 1 N–H and O–H groups in total. The van der Waals surface area contributed by atoms with Crippen LogP contribution in [0.4, 0.5) is 9.59 Å². The summed E-state index contributed by atoms with van der Waals surface area (Å²) in [6.07, 6.45) is -0.394. The number of hydrogen-bond donors (Lipinski definition) is 1. The average Bonchev–Trinajstić information content (AvgIpc) is 2.38. The Balaban J connectivity index is 3.87. The summed E-state index contributed by atoms with van der Waals surface area (Å²) in [7, 11) is 1.66. The monoisotopic (exact) mass is 287 g/mol. The lowest BCUT2D eigenvalue weighted by molar-refractivity contribution is 0.0806. The molecule has 0 fully saturated rings. The number of oxime groups is 1. The van der Waals surface area contributed by atoms with Crippen molar-refractivity contribution in [2.45, 2.75) is 46.6 Å². The van der Waals surface area contributed by atoms with E-state index in [-0.39, 0.29) is 18.7 Å². The van der Waals surface area contributed by atoms with Crippen LogP contribution in [0.15, 0.2) is 5.16 Å². The zero-order valence-corrected chi connectivity index (χ0v) is 13.1. The number of carbonyl (C=O) groups excluding carboxylic acids is 2. The zero-order chi connectivity index (χ0) is 15.8. The number of rotatable bonds is 5. The minimum absolute atomic E-state index is 0.0742. The first kappa shape index (κ1) is 18.2. The topological polar surface area (TPSA) is 80.2 Å². The van der Waals surface area contributed by atoms with Crippen molar-refractivity contribution in [3.05, 3.63) is 0 Å². The van der Waals surface area contributed by atoms with Crippen LogP contribution < -0.4 is 5.32 Å². The van der Waals surface area contributed by atoms with Gasteiger partial charge in [0.05, 0.1) is 12.3 Å². The van der Waals surface area contributed by atoms with E-state index in [1.165, 1.54) is 4.90 Å². The molecule has 0 saturated carbocycles. The molecular formula is C13H25N3O4. The maximum absolute atomic E-state index is 11.6. The number of carbonyl (C=O) groups is 2. The average molecular weight is 287 g/mol. The Morgan fingerprint density at radius 2 is 1.90 bits per heavy atom. The summed E-state index contributed by atoms with van der Waals surface area (Å²) < 4.78 is 5.01. The Morgan fingerprint density at radius 1 is 1.30 bits per heavy atom. The van der Waals surface area contributed by atoms with Gasteiger partial charge in [-0.15, -0.1) is 0 Å². The molecule has 0 aliphatic rings. The van der Waals surface area contributed by atoms with E-state index in [1.807, 2.05) is 27.7 Å². The van der Waals surface area contributed by atoms with Crippen molar-refractivity contribution in [3.8, 4) is 0 Å². The molecule has 0 bridgehead atoms. The molecule has 0 saturated heterocycles. The first-order chi connectivity index (χ1) is 9.18. The summed E-state index contributed by atoms with van der Waals surface area (Å²) in [5, 5.41) is 6.04. The molecule has 2 amide bonds. The number of ether oxygens (including phenoxy) is 1. The maximum atomic E-state index is 11.6. The molecule has 0 rings (SSSR count). The molecule has 0 atom stereocenters. The molecule has 0 unspecified atom stereocenters. The van der Waals surface area contributed by atoms with E-state index in [0.717, 1.165) is 5.71 Å². The highest BCUT2D eigenvalue weighted by molar-refractivity contribution is 5.81. The van der Waals surface area contributed by atoms with E-state index in [0.29, 0.717) is 6.42 Å². The van der Waals surface area contributed by atoms with Gasteiger partial charge in [0, 0.05) is 12.6 Å². The van der Waals surface area contributed by atoms with Crippen LogP contribution in [0, 0.1) is 0 Å². The van der Waals surface area contributed by atoms with Crippen molar-refractivity contribution >= 4 is 17.9 Å². The summed E-state index contributed by atoms with van der Waals surface area (Å²) in [5.74, 6) is 0. The molecule has 7 heteroatoms. The van der Waals surface area contributed by atoms with Crippen molar-refractivity contribution < 1.29 is 19.2 Å². The first-order valence-corrected chi connectivity index (χ1v) is 6.57. The second-order valence-corrected chi connectivity index (χ2v) is 5.33. The predicted molar refractivity (Wildman–Crippen MR) is 76.7 cm³/mol. The molecule has 0 aromatic heterocycles. The number of hydrogen-bond acceptors (Lipinski definition) is 5. The molecule has 0 aliphatic carbocycles. The van der Waals surface area contributed by atoms with Gasteiger partial charge in [-0.2, -0.15) is 0 Å². The van der Waals surface area contributed by atoms with E-state index in [2.05, 4.69) is 15.3 Å². The van der Waals surface area contributed by atoms with Gasteiger partial charge in [-0.05, 0) is 34.1 Å². The lowest BCUT2D eigenvalue weighted by Gasteiger charge is -2.30. The van der Waals surface area contributed by atoms with Crippen LogP contribution in [-0.2, 0) is 9.57 Å². The van der Waals surface area contributed by atoms with Crippen molar-refractivity contribution in [2.24, 2.45) is 5.16 Å². The van der Waals surface area contributed by atoms with Crippen molar-refractivity contribution in [1.29, 1.82) is 0 Å². The molecule has 20 heavy (non-hydrogen) atoms. The fourth-order valence-corrected chi connectivity index (χ4v) is 0.878. The minimum atomic E-state index is -0.668. The van der Waals surface area contributed by atoms with Gasteiger partial charge in [-0.25, -0.2) is 9.59 Å². The largest absolute Gasteiger partial charge is 0.448 e. The standard InChI is InChI=1S/C13H25N3O4/c1-7-10(2)15-20-11(17)14-8-9-19-12(18)16(6)13(3,4)5/h7-9H2,1-6H3,(H,14,17)/b15-10-. The lowest BCUT2D eigenvalue weighted by atomic mass is 10.1. The van der Waals surface area contributed by atoms with Gasteiger partial charge in [-0.1, -0.05) is 12.1 Å².